The van der Waals surface area contributed by atoms with Crippen molar-refractivity contribution in [1.82, 2.24) is 4.90 Å². The van der Waals surface area contributed by atoms with Crippen molar-refractivity contribution >= 4 is 6.09 Å². The molecule has 2 fully saturated rings. The van der Waals surface area contributed by atoms with Gasteiger partial charge in [-0.3, -0.25) is 0 Å². The quantitative estimate of drug-likeness (QED) is 0.686. The number of amides is 1. The lowest BCUT2D eigenvalue weighted by atomic mass is 9.90. The number of carbonyl (C=O) groups is 1. The molecule has 80 valence electrons. The van der Waals surface area contributed by atoms with Crippen molar-refractivity contribution < 1.29 is 9.53 Å². The van der Waals surface area contributed by atoms with Gasteiger partial charge >= 0.3 is 6.09 Å². The highest BCUT2D eigenvalue weighted by molar-refractivity contribution is 5.68. The Morgan fingerprint density at radius 1 is 1.29 bits per heavy atom. The largest absolute Gasteiger partial charge is 0.449 e. The van der Waals surface area contributed by atoms with Gasteiger partial charge in [0.2, 0.25) is 0 Å². The van der Waals surface area contributed by atoms with Crippen LogP contribution in [0.1, 0.15) is 32.1 Å². The molecule has 0 spiro atoms. The Hall–Kier alpha value is -0.770. The van der Waals surface area contributed by atoms with Crippen LogP contribution in [-0.4, -0.2) is 36.2 Å². The Morgan fingerprint density at radius 3 is 2.79 bits per heavy atom. The molecule has 1 aliphatic carbocycles. The summed E-state index contributed by atoms with van der Waals surface area (Å²) in [6, 6.07) is 0.367. The smallest absolute Gasteiger partial charge is 0.410 e. The first kappa shape index (κ1) is 9.77. The summed E-state index contributed by atoms with van der Waals surface area (Å²) in [7, 11) is 0. The van der Waals surface area contributed by atoms with Crippen LogP contribution in [0.25, 0.3) is 0 Å². The third-order valence-electron chi connectivity index (χ3n) is 3.19. The van der Waals surface area contributed by atoms with E-state index >= 15 is 0 Å². The van der Waals surface area contributed by atoms with Crippen molar-refractivity contribution in [2.24, 2.45) is 5.73 Å². The first-order valence-corrected chi connectivity index (χ1v) is 5.48. The Kier molecular flexibility index (Phi) is 2.91. The third kappa shape index (κ3) is 1.85. The molecule has 0 aromatic rings. The molecule has 0 radical (unpaired) electrons. The Balaban J connectivity index is 2.00. The molecule has 0 unspecified atom stereocenters. The van der Waals surface area contributed by atoms with E-state index in [1.54, 1.807) is 0 Å². The van der Waals surface area contributed by atoms with Gasteiger partial charge in [0, 0.05) is 12.6 Å². The van der Waals surface area contributed by atoms with Crippen molar-refractivity contribution in [1.29, 1.82) is 0 Å². The predicted molar refractivity (Wildman–Crippen MR) is 52.9 cm³/mol. The fourth-order valence-electron chi connectivity index (χ4n) is 2.40. The summed E-state index contributed by atoms with van der Waals surface area (Å²) < 4.78 is 5.02. The molecule has 2 N–H and O–H groups in total. The predicted octanol–water partition coefficient (Wildman–Crippen LogP) is 1.10. The summed E-state index contributed by atoms with van der Waals surface area (Å²) in [4.78, 5) is 13.3. The molecule has 4 heteroatoms. The first-order valence-electron chi connectivity index (χ1n) is 5.48. The van der Waals surface area contributed by atoms with Gasteiger partial charge in [-0.2, -0.15) is 0 Å². The molecular weight excluding hydrogens is 180 g/mol. The molecule has 2 rings (SSSR count). The van der Waals surface area contributed by atoms with Gasteiger partial charge in [-0.05, 0) is 19.3 Å². The number of cyclic esters (lactones) is 1. The Bertz CT molecular complexity index is 220. The first-order chi connectivity index (χ1) is 6.79. The van der Waals surface area contributed by atoms with Crippen molar-refractivity contribution in [3.63, 3.8) is 0 Å². The molecule has 2 aliphatic rings. The standard InChI is InChI=1S/C10H18N2O2/c11-8-4-1-2-5-9(8)12-6-3-7-14-10(12)13/h8-9H,1-7,11H2/t8-,9-/m1/s1. The average molecular weight is 198 g/mol. The highest BCUT2D eigenvalue weighted by atomic mass is 16.6. The highest BCUT2D eigenvalue weighted by Crippen LogP contribution is 2.23. The number of nitrogens with two attached hydrogens (primary N) is 1. The van der Waals surface area contributed by atoms with Crippen LogP contribution in [0.2, 0.25) is 0 Å². The molecular formula is C10H18N2O2. The molecule has 2 atom stereocenters. The molecule has 14 heavy (non-hydrogen) atoms. The summed E-state index contributed by atoms with van der Waals surface area (Å²) in [5.74, 6) is 0. The third-order valence-corrected chi connectivity index (χ3v) is 3.19. The second-order valence-corrected chi connectivity index (χ2v) is 4.18. The van der Waals surface area contributed by atoms with Gasteiger partial charge < -0.3 is 15.4 Å². The second kappa shape index (κ2) is 4.17. The molecule has 1 saturated carbocycles. The van der Waals surface area contributed by atoms with Gasteiger partial charge in [0.05, 0.1) is 12.6 Å². The van der Waals surface area contributed by atoms with E-state index in [9.17, 15) is 4.79 Å². The van der Waals surface area contributed by atoms with E-state index in [1.807, 2.05) is 4.90 Å². The zero-order chi connectivity index (χ0) is 9.97. The summed E-state index contributed by atoms with van der Waals surface area (Å²) in [6.07, 6.45) is 5.22. The Labute approximate surface area is 84.4 Å². The number of rotatable bonds is 1. The van der Waals surface area contributed by atoms with Crippen molar-refractivity contribution in [3.05, 3.63) is 0 Å². The van der Waals surface area contributed by atoms with Crippen LogP contribution in [0.4, 0.5) is 4.79 Å². The van der Waals surface area contributed by atoms with E-state index in [2.05, 4.69) is 0 Å². The number of nitrogens with zero attached hydrogens (tertiary/aromatic N) is 1. The zero-order valence-electron chi connectivity index (χ0n) is 8.45. The highest BCUT2D eigenvalue weighted by Gasteiger charge is 2.33. The molecule has 1 saturated heterocycles. The van der Waals surface area contributed by atoms with Crippen molar-refractivity contribution in [3.8, 4) is 0 Å². The van der Waals surface area contributed by atoms with E-state index in [1.165, 1.54) is 12.8 Å². The molecule has 1 amide bonds. The fourth-order valence-corrected chi connectivity index (χ4v) is 2.40. The summed E-state index contributed by atoms with van der Waals surface area (Å²) in [5, 5.41) is 0. The number of carbonyl (C=O) groups excluding carboxylic acids is 1. The molecule has 1 aliphatic heterocycles. The summed E-state index contributed by atoms with van der Waals surface area (Å²) in [5.41, 5.74) is 6.02. The van der Waals surface area contributed by atoms with Crippen LogP contribution in [0.15, 0.2) is 0 Å². The van der Waals surface area contributed by atoms with Crippen molar-refractivity contribution in [2.45, 2.75) is 44.2 Å². The van der Waals surface area contributed by atoms with Gasteiger partial charge in [0.15, 0.2) is 0 Å². The maximum Gasteiger partial charge on any atom is 0.410 e. The maximum absolute atomic E-state index is 11.5. The van der Waals surface area contributed by atoms with Gasteiger partial charge in [-0.1, -0.05) is 12.8 Å². The van der Waals surface area contributed by atoms with E-state index in [0.717, 1.165) is 25.8 Å². The van der Waals surface area contributed by atoms with Gasteiger partial charge in [-0.25, -0.2) is 4.79 Å². The van der Waals surface area contributed by atoms with E-state index in [0.29, 0.717) is 6.61 Å². The zero-order valence-corrected chi connectivity index (χ0v) is 8.45. The number of hydrogen-bond acceptors (Lipinski definition) is 3. The molecule has 0 bridgehead atoms. The lowest BCUT2D eigenvalue weighted by Gasteiger charge is -2.39. The van der Waals surface area contributed by atoms with Gasteiger partial charge in [0.1, 0.15) is 0 Å². The van der Waals surface area contributed by atoms with Crippen LogP contribution in [0.5, 0.6) is 0 Å². The van der Waals surface area contributed by atoms with E-state index in [4.69, 9.17) is 10.5 Å². The van der Waals surface area contributed by atoms with Crippen LogP contribution < -0.4 is 5.73 Å². The van der Waals surface area contributed by atoms with E-state index in [-0.39, 0.29) is 18.2 Å². The molecule has 4 nitrogen and oxygen atoms in total. The molecule has 0 aromatic heterocycles. The van der Waals surface area contributed by atoms with Gasteiger partial charge in [-0.15, -0.1) is 0 Å². The van der Waals surface area contributed by atoms with Crippen LogP contribution in [0.3, 0.4) is 0 Å². The average Bonchev–Trinajstić information content (AvgIpc) is 2.20. The second-order valence-electron chi connectivity index (χ2n) is 4.18. The van der Waals surface area contributed by atoms with Crippen LogP contribution in [-0.2, 0) is 4.74 Å². The van der Waals surface area contributed by atoms with Crippen LogP contribution in [0, 0.1) is 0 Å². The summed E-state index contributed by atoms with van der Waals surface area (Å²) >= 11 is 0. The fraction of sp³-hybridized carbons (Fsp3) is 0.900. The normalized spacial score (nSPS) is 34.1. The maximum atomic E-state index is 11.5. The minimum absolute atomic E-state index is 0.148. The monoisotopic (exact) mass is 198 g/mol. The van der Waals surface area contributed by atoms with Gasteiger partial charge in [0.25, 0.3) is 0 Å². The topological polar surface area (TPSA) is 55.6 Å². The molecule has 1 heterocycles. The van der Waals surface area contributed by atoms with Crippen molar-refractivity contribution in [2.75, 3.05) is 13.2 Å². The van der Waals surface area contributed by atoms with E-state index < -0.39 is 0 Å². The number of hydrogen-bond donors (Lipinski definition) is 1. The summed E-state index contributed by atoms with van der Waals surface area (Å²) in [6.45, 7) is 1.38. The number of ether oxygens (including phenoxy) is 1. The minimum atomic E-state index is -0.168. The SMILES string of the molecule is N[C@@H]1CCCC[C@H]1N1CCCOC1=O. The lowest BCUT2D eigenvalue weighted by Crippen LogP contribution is -2.54. The Morgan fingerprint density at radius 2 is 2.07 bits per heavy atom. The van der Waals surface area contributed by atoms with Crippen LogP contribution >= 0.6 is 0 Å². The molecule has 0 aromatic carbocycles. The minimum Gasteiger partial charge on any atom is -0.449 e. The lowest BCUT2D eigenvalue weighted by molar-refractivity contribution is 0.0420.